The van der Waals surface area contributed by atoms with Gasteiger partial charge in [-0.2, -0.15) is 0 Å². The van der Waals surface area contributed by atoms with E-state index < -0.39 is 0 Å². The Bertz CT molecular complexity index is 227. The van der Waals surface area contributed by atoms with E-state index in [-0.39, 0.29) is 6.61 Å². The number of hydrogen-bond acceptors (Lipinski definition) is 2. The van der Waals surface area contributed by atoms with Crippen LogP contribution in [-0.2, 0) is 4.74 Å². The molecule has 106 valence electrons. The molecule has 2 heteroatoms. The Hall–Kier alpha value is -0.520. The third kappa shape index (κ3) is 9.50. The van der Waals surface area contributed by atoms with Crippen molar-refractivity contribution in [3.05, 3.63) is 0 Å². The third-order valence-corrected chi connectivity index (χ3v) is 3.19. The molecule has 0 radical (unpaired) electrons. The van der Waals surface area contributed by atoms with Gasteiger partial charge in [-0.3, -0.25) is 0 Å². The third-order valence-electron chi connectivity index (χ3n) is 3.19. The first kappa shape index (κ1) is 17.5. The Kier molecular flexibility index (Phi) is 12.6. The largest absolute Gasteiger partial charge is 0.394 e. The maximum Gasteiger partial charge on any atom is 0.0697 e. The van der Waals surface area contributed by atoms with Crippen LogP contribution in [-0.4, -0.2) is 24.9 Å². The zero-order valence-corrected chi connectivity index (χ0v) is 12.4. The van der Waals surface area contributed by atoms with Crippen LogP contribution in [0.15, 0.2) is 0 Å². The number of aliphatic hydroxyl groups excluding tert-OH is 1. The normalized spacial score (nSPS) is 13.8. The van der Waals surface area contributed by atoms with Crippen molar-refractivity contribution in [2.75, 3.05) is 19.8 Å². The molecule has 0 saturated carbocycles. The van der Waals surface area contributed by atoms with Crippen LogP contribution in [0.4, 0.5) is 0 Å². The highest BCUT2D eigenvalue weighted by Crippen LogP contribution is 2.13. The highest BCUT2D eigenvalue weighted by Gasteiger charge is 2.04. The van der Waals surface area contributed by atoms with Crippen LogP contribution >= 0.6 is 0 Å². The minimum Gasteiger partial charge on any atom is -0.394 e. The molecule has 0 aromatic carbocycles. The maximum absolute atomic E-state index is 8.60. The van der Waals surface area contributed by atoms with Crippen molar-refractivity contribution in [3.63, 3.8) is 0 Å². The molecule has 2 nitrogen and oxygen atoms in total. The molecule has 0 aromatic rings. The first-order chi connectivity index (χ1) is 8.78. The van der Waals surface area contributed by atoms with Gasteiger partial charge in [0.2, 0.25) is 0 Å². The summed E-state index contributed by atoms with van der Waals surface area (Å²) in [4.78, 5) is 0. The smallest absolute Gasteiger partial charge is 0.0697 e. The van der Waals surface area contributed by atoms with Gasteiger partial charge in [0.1, 0.15) is 0 Å². The Balaban J connectivity index is 3.90. The average molecular weight is 254 g/mol. The second-order valence-electron chi connectivity index (χ2n) is 4.77. The number of hydrogen-bond donors (Lipinski definition) is 1. The molecule has 0 aromatic heterocycles. The zero-order valence-electron chi connectivity index (χ0n) is 12.4. The number of ether oxygens (including phenoxy) is 1. The minimum absolute atomic E-state index is 0.117. The molecule has 0 saturated heterocycles. The van der Waals surface area contributed by atoms with Crippen molar-refractivity contribution >= 4 is 0 Å². The molecule has 2 unspecified atom stereocenters. The molecule has 2 atom stereocenters. The summed E-state index contributed by atoms with van der Waals surface area (Å²) >= 11 is 0. The lowest BCUT2D eigenvalue weighted by atomic mass is 9.97. The number of rotatable bonds is 10. The highest BCUT2D eigenvalue weighted by molar-refractivity contribution is 5.06. The van der Waals surface area contributed by atoms with Gasteiger partial charge in [-0.1, -0.05) is 39.0 Å². The van der Waals surface area contributed by atoms with Crippen LogP contribution in [0.2, 0.25) is 0 Å². The summed E-state index contributed by atoms with van der Waals surface area (Å²) < 4.78 is 5.26. The van der Waals surface area contributed by atoms with Gasteiger partial charge in [-0.05, 0) is 32.1 Å². The summed E-state index contributed by atoms with van der Waals surface area (Å²) in [5, 5.41) is 8.60. The van der Waals surface area contributed by atoms with E-state index in [9.17, 15) is 0 Å². The van der Waals surface area contributed by atoms with Gasteiger partial charge < -0.3 is 9.84 Å². The predicted molar refractivity (Wildman–Crippen MR) is 77.4 cm³/mol. The summed E-state index contributed by atoms with van der Waals surface area (Å²) in [6.45, 7) is 7.96. The maximum atomic E-state index is 8.60. The van der Waals surface area contributed by atoms with Gasteiger partial charge in [0.25, 0.3) is 0 Å². The fourth-order valence-electron chi connectivity index (χ4n) is 1.94. The Morgan fingerprint density at radius 3 is 2.06 bits per heavy atom. The lowest BCUT2D eigenvalue weighted by Gasteiger charge is -2.09. The Labute approximate surface area is 113 Å². The molecule has 0 aliphatic heterocycles. The van der Waals surface area contributed by atoms with Crippen LogP contribution in [0, 0.1) is 23.7 Å². The van der Waals surface area contributed by atoms with E-state index in [1.807, 2.05) is 0 Å². The van der Waals surface area contributed by atoms with E-state index in [4.69, 9.17) is 9.84 Å². The molecular formula is C16H30O2. The first-order valence-corrected chi connectivity index (χ1v) is 7.48. The van der Waals surface area contributed by atoms with Crippen LogP contribution in [0.25, 0.3) is 0 Å². The molecular weight excluding hydrogens is 224 g/mol. The zero-order chi connectivity index (χ0) is 13.6. The van der Waals surface area contributed by atoms with Crippen molar-refractivity contribution in [1.82, 2.24) is 0 Å². The molecule has 0 rings (SSSR count). The quantitative estimate of drug-likeness (QED) is 0.476. The van der Waals surface area contributed by atoms with E-state index >= 15 is 0 Å². The molecule has 0 aliphatic rings. The lowest BCUT2D eigenvalue weighted by Crippen LogP contribution is -2.04. The van der Waals surface area contributed by atoms with Crippen molar-refractivity contribution < 1.29 is 9.84 Å². The summed E-state index contributed by atoms with van der Waals surface area (Å²) in [5.41, 5.74) is 0. The van der Waals surface area contributed by atoms with Gasteiger partial charge >= 0.3 is 0 Å². The molecule has 0 aliphatic carbocycles. The molecule has 18 heavy (non-hydrogen) atoms. The molecule has 1 N–H and O–H groups in total. The van der Waals surface area contributed by atoms with E-state index in [0.29, 0.717) is 18.4 Å². The van der Waals surface area contributed by atoms with Gasteiger partial charge in [-0.15, -0.1) is 0 Å². The first-order valence-electron chi connectivity index (χ1n) is 7.48. The van der Waals surface area contributed by atoms with E-state index in [1.54, 1.807) is 0 Å². The summed E-state index contributed by atoms with van der Waals surface area (Å²) in [6, 6.07) is 0. The Morgan fingerprint density at radius 2 is 1.56 bits per heavy atom. The standard InChI is InChI=1S/C16H30O2/c1-4-8-15(5-2)10-11-16(6-3)9-7-13-18-14-12-17/h15-17H,4-9,12-14H2,1-3H3. The summed E-state index contributed by atoms with van der Waals surface area (Å²) in [6.07, 6.45) is 6.88. The second kappa shape index (κ2) is 12.9. The monoisotopic (exact) mass is 254 g/mol. The topological polar surface area (TPSA) is 29.5 Å². The van der Waals surface area contributed by atoms with Crippen molar-refractivity contribution in [1.29, 1.82) is 0 Å². The van der Waals surface area contributed by atoms with Crippen LogP contribution in [0.3, 0.4) is 0 Å². The summed E-state index contributed by atoms with van der Waals surface area (Å²) in [5.74, 6) is 7.97. The predicted octanol–water partition coefficient (Wildman–Crippen LogP) is 3.63. The molecule has 0 fully saturated rings. The fraction of sp³-hybridized carbons (Fsp3) is 0.875. The van der Waals surface area contributed by atoms with E-state index in [1.165, 1.54) is 12.8 Å². The number of aliphatic hydroxyl groups is 1. The van der Waals surface area contributed by atoms with Gasteiger partial charge in [0.15, 0.2) is 0 Å². The molecule has 0 amide bonds. The second-order valence-corrected chi connectivity index (χ2v) is 4.77. The Morgan fingerprint density at radius 1 is 0.944 bits per heavy atom. The van der Waals surface area contributed by atoms with Crippen LogP contribution in [0.5, 0.6) is 0 Å². The van der Waals surface area contributed by atoms with Crippen molar-refractivity contribution in [3.8, 4) is 11.8 Å². The fourth-order valence-corrected chi connectivity index (χ4v) is 1.94. The van der Waals surface area contributed by atoms with Crippen LogP contribution in [0.1, 0.15) is 59.3 Å². The molecule has 0 heterocycles. The van der Waals surface area contributed by atoms with Gasteiger partial charge in [0.05, 0.1) is 13.2 Å². The van der Waals surface area contributed by atoms with Crippen molar-refractivity contribution in [2.45, 2.75) is 59.3 Å². The van der Waals surface area contributed by atoms with E-state index in [2.05, 4.69) is 32.6 Å². The lowest BCUT2D eigenvalue weighted by molar-refractivity contribution is 0.0885. The van der Waals surface area contributed by atoms with Crippen molar-refractivity contribution in [2.24, 2.45) is 11.8 Å². The minimum atomic E-state index is 0.117. The van der Waals surface area contributed by atoms with Gasteiger partial charge in [-0.25, -0.2) is 0 Å². The highest BCUT2D eigenvalue weighted by atomic mass is 16.5. The van der Waals surface area contributed by atoms with Crippen LogP contribution < -0.4 is 0 Å². The summed E-state index contributed by atoms with van der Waals surface area (Å²) in [7, 11) is 0. The molecule has 0 bridgehead atoms. The SMILES string of the molecule is CCCC(C#CC(CC)CCCOCCO)CC. The molecule has 0 spiro atoms. The average Bonchev–Trinajstić information content (AvgIpc) is 2.40. The van der Waals surface area contributed by atoms with Gasteiger partial charge in [0, 0.05) is 18.4 Å². The van der Waals surface area contributed by atoms with E-state index in [0.717, 1.165) is 32.3 Å².